The normalized spacial score (nSPS) is 21.5. The zero-order valence-corrected chi connectivity index (χ0v) is 10.2. The van der Waals surface area contributed by atoms with Crippen LogP contribution in [0.2, 0.25) is 0 Å². The topological polar surface area (TPSA) is 69.9 Å². The molecular weight excluding hydrogens is 244 g/mol. The molecule has 2 aromatic carbocycles. The molecule has 0 saturated heterocycles. The molecule has 1 heterocycles. The fourth-order valence-corrected chi connectivity index (χ4v) is 2.34. The first-order valence-electron chi connectivity index (χ1n) is 6.09. The zero-order chi connectivity index (χ0) is 13.4. The lowest BCUT2D eigenvalue weighted by molar-refractivity contribution is 0.0207. The number of benzene rings is 2. The van der Waals surface area contributed by atoms with Gasteiger partial charge in [0.15, 0.2) is 0 Å². The molecule has 0 aromatic heterocycles. The Kier molecular flexibility index (Phi) is 2.80. The average molecular weight is 258 g/mol. The monoisotopic (exact) mass is 258 g/mol. The van der Waals surface area contributed by atoms with Gasteiger partial charge in [0, 0.05) is 12.0 Å². The van der Waals surface area contributed by atoms with Gasteiger partial charge in [0.25, 0.3) is 0 Å². The summed E-state index contributed by atoms with van der Waals surface area (Å²) >= 11 is 0. The number of aliphatic hydroxyl groups is 1. The van der Waals surface area contributed by atoms with E-state index in [0.29, 0.717) is 12.2 Å². The number of fused-ring (bicyclic) bond motifs is 1. The Labute approximate surface area is 110 Å². The van der Waals surface area contributed by atoms with Gasteiger partial charge in [0.1, 0.15) is 23.4 Å². The van der Waals surface area contributed by atoms with Crippen LogP contribution in [-0.2, 0) is 6.42 Å². The minimum absolute atomic E-state index is 0.164. The van der Waals surface area contributed by atoms with Gasteiger partial charge in [-0.3, -0.25) is 0 Å². The van der Waals surface area contributed by atoms with Crippen LogP contribution in [0.5, 0.6) is 17.2 Å². The van der Waals surface area contributed by atoms with Gasteiger partial charge in [-0.25, -0.2) is 0 Å². The highest BCUT2D eigenvalue weighted by Gasteiger charge is 2.29. The van der Waals surface area contributed by atoms with Crippen molar-refractivity contribution in [3.63, 3.8) is 0 Å². The molecule has 0 fully saturated rings. The van der Waals surface area contributed by atoms with Crippen molar-refractivity contribution in [1.82, 2.24) is 0 Å². The Hall–Kier alpha value is -2.20. The maximum absolute atomic E-state index is 10.2. The summed E-state index contributed by atoms with van der Waals surface area (Å²) < 4.78 is 5.78. The summed E-state index contributed by atoms with van der Waals surface area (Å²) in [5, 5.41) is 28.9. The number of phenols is 2. The van der Waals surface area contributed by atoms with Gasteiger partial charge >= 0.3 is 0 Å². The van der Waals surface area contributed by atoms with E-state index in [1.54, 1.807) is 42.5 Å². The average Bonchev–Trinajstić information content (AvgIpc) is 2.39. The van der Waals surface area contributed by atoms with Crippen LogP contribution in [0, 0.1) is 0 Å². The van der Waals surface area contributed by atoms with Gasteiger partial charge in [0.05, 0.1) is 6.10 Å². The number of aliphatic hydroxyl groups excluding tert-OH is 1. The van der Waals surface area contributed by atoms with E-state index in [2.05, 4.69) is 0 Å². The molecule has 1 aliphatic heterocycles. The van der Waals surface area contributed by atoms with Crippen molar-refractivity contribution in [3.8, 4) is 17.2 Å². The van der Waals surface area contributed by atoms with Crippen molar-refractivity contribution in [1.29, 1.82) is 0 Å². The quantitative estimate of drug-likeness (QED) is 0.733. The lowest BCUT2D eigenvalue weighted by Crippen LogP contribution is -2.30. The molecule has 0 amide bonds. The van der Waals surface area contributed by atoms with E-state index in [1.165, 1.54) is 0 Å². The second-order valence-electron chi connectivity index (χ2n) is 4.69. The van der Waals surface area contributed by atoms with E-state index < -0.39 is 12.2 Å². The van der Waals surface area contributed by atoms with Gasteiger partial charge in [-0.2, -0.15) is 0 Å². The number of hydrogen-bond donors (Lipinski definition) is 3. The van der Waals surface area contributed by atoms with E-state index in [4.69, 9.17) is 4.74 Å². The molecule has 0 aliphatic carbocycles. The predicted octanol–water partition coefficient (Wildman–Crippen LogP) is 2.13. The minimum Gasteiger partial charge on any atom is -0.508 e. The molecule has 2 unspecified atom stereocenters. The molecular formula is C15H14O4. The van der Waals surface area contributed by atoms with Gasteiger partial charge in [0.2, 0.25) is 0 Å². The van der Waals surface area contributed by atoms with E-state index in [9.17, 15) is 15.3 Å². The zero-order valence-electron chi connectivity index (χ0n) is 10.2. The predicted molar refractivity (Wildman–Crippen MR) is 69.3 cm³/mol. The molecule has 4 nitrogen and oxygen atoms in total. The maximum atomic E-state index is 10.2. The van der Waals surface area contributed by atoms with E-state index >= 15 is 0 Å². The third-order valence-corrected chi connectivity index (χ3v) is 3.30. The second kappa shape index (κ2) is 4.48. The summed E-state index contributed by atoms with van der Waals surface area (Å²) in [5.74, 6) is 1.01. The van der Waals surface area contributed by atoms with Crippen LogP contribution in [0.15, 0.2) is 42.5 Å². The lowest BCUT2D eigenvalue weighted by atomic mass is 9.94. The molecule has 19 heavy (non-hydrogen) atoms. The Morgan fingerprint density at radius 3 is 2.37 bits per heavy atom. The van der Waals surface area contributed by atoms with Crippen molar-refractivity contribution in [2.45, 2.75) is 18.6 Å². The highest BCUT2D eigenvalue weighted by atomic mass is 16.5. The number of phenolic OH excluding ortho intramolecular Hbond substituents is 2. The van der Waals surface area contributed by atoms with Gasteiger partial charge in [-0.05, 0) is 35.9 Å². The highest BCUT2D eigenvalue weighted by Crippen LogP contribution is 2.36. The van der Waals surface area contributed by atoms with Crippen LogP contribution in [-0.4, -0.2) is 21.4 Å². The number of aromatic hydroxyl groups is 2. The molecule has 0 spiro atoms. The molecule has 0 bridgehead atoms. The van der Waals surface area contributed by atoms with Gasteiger partial charge < -0.3 is 20.1 Å². The minimum atomic E-state index is -0.682. The molecule has 2 atom stereocenters. The highest BCUT2D eigenvalue weighted by molar-refractivity contribution is 5.43. The molecule has 2 aromatic rings. The van der Waals surface area contributed by atoms with Crippen LogP contribution in [0.4, 0.5) is 0 Å². The molecule has 4 heteroatoms. The Morgan fingerprint density at radius 2 is 1.63 bits per heavy atom. The SMILES string of the molecule is Oc1ccc(C2Oc3ccc(O)cc3CC2O)cc1. The number of ether oxygens (including phenoxy) is 1. The molecule has 3 rings (SSSR count). The fourth-order valence-electron chi connectivity index (χ4n) is 2.34. The van der Waals surface area contributed by atoms with E-state index in [0.717, 1.165) is 11.1 Å². The first-order chi connectivity index (χ1) is 9.13. The van der Waals surface area contributed by atoms with Crippen molar-refractivity contribution in [2.24, 2.45) is 0 Å². The van der Waals surface area contributed by atoms with Gasteiger partial charge in [-0.15, -0.1) is 0 Å². The Bertz CT molecular complexity index is 592. The summed E-state index contributed by atoms with van der Waals surface area (Å²) in [6.45, 7) is 0. The molecule has 1 aliphatic rings. The molecule has 0 radical (unpaired) electrons. The first-order valence-corrected chi connectivity index (χ1v) is 6.09. The van der Waals surface area contributed by atoms with Crippen LogP contribution in [0.25, 0.3) is 0 Å². The second-order valence-corrected chi connectivity index (χ2v) is 4.69. The van der Waals surface area contributed by atoms with E-state index in [-0.39, 0.29) is 11.5 Å². The molecule has 98 valence electrons. The summed E-state index contributed by atoms with van der Waals surface area (Å²) in [6, 6.07) is 11.5. The van der Waals surface area contributed by atoms with Crippen LogP contribution in [0.3, 0.4) is 0 Å². The standard InChI is InChI=1S/C15H14O4/c16-11-3-1-9(2-4-11)15-13(18)8-10-7-12(17)5-6-14(10)19-15/h1-7,13,15-18H,8H2. The summed E-state index contributed by atoms with van der Waals surface area (Å²) in [5.41, 5.74) is 1.60. The lowest BCUT2D eigenvalue weighted by Gasteiger charge is -2.31. The third-order valence-electron chi connectivity index (χ3n) is 3.30. The summed E-state index contributed by atoms with van der Waals surface area (Å²) in [7, 11) is 0. The molecule has 0 saturated carbocycles. The van der Waals surface area contributed by atoms with E-state index in [1.807, 2.05) is 0 Å². The summed E-state index contributed by atoms with van der Waals surface area (Å²) in [6.07, 6.45) is -0.716. The number of hydrogen-bond acceptors (Lipinski definition) is 4. The number of rotatable bonds is 1. The third kappa shape index (κ3) is 2.22. The van der Waals surface area contributed by atoms with Crippen molar-refractivity contribution < 1.29 is 20.1 Å². The van der Waals surface area contributed by atoms with Crippen molar-refractivity contribution in [2.75, 3.05) is 0 Å². The van der Waals surface area contributed by atoms with Crippen LogP contribution < -0.4 is 4.74 Å². The Morgan fingerprint density at radius 1 is 0.947 bits per heavy atom. The maximum Gasteiger partial charge on any atom is 0.150 e. The smallest absolute Gasteiger partial charge is 0.150 e. The van der Waals surface area contributed by atoms with Crippen molar-refractivity contribution in [3.05, 3.63) is 53.6 Å². The van der Waals surface area contributed by atoms with Crippen molar-refractivity contribution >= 4 is 0 Å². The first kappa shape index (κ1) is 11.9. The Balaban J connectivity index is 1.93. The van der Waals surface area contributed by atoms with Gasteiger partial charge in [-0.1, -0.05) is 12.1 Å². The fraction of sp³-hybridized carbons (Fsp3) is 0.200. The van der Waals surface area contributed by atoms with Crippen LogP contribution in [0.1, 0.15) is 17.2 Å². The largest absolute Gasteiger partial charge is 0.508 e. The molecule has 3 N–H and O–H groups in total. The summed E-state index contributed by atoms with van der Waals surface area (Å²) in [4.78, 5) is 0. The van der Waals surface area contributed by atoms with Crippen LogP contribution >= 0.6 is 0 Å².